The van der Waals surface area contributed by atoms with Gasteiger partial charge >= 0.3 is 0 Å². The zero-order valence-corrected chi connectivity index (χ0v) is 12.0. The summed E-state index contributed by atoms with van der Waals surface area (Å²) < 4.78 is 4.79. The van der Waals surface area contributed by atoms with Gasteiger partial charge < -0.3 is 15.4 Å². The van der Waals surface area contributed by atoms with Gasteiger partial charge in [0.25, 0.3) is 0 Å². The minimum Gasteiger partial charge on any atom is -0.385 e. The maximum Gasteiger partial charge on any atom is 0.250 e. The van der Waals surface area contributed by atoms with Gasteiger partial charge in [0.15, 0.2) is 0 Å². The summed E-state index contributed by atoms with van der Waals surface area (Å²) in [5.74, 6) is 0.548. The highest BCUT2D eigenvalue weighted by Gasteiger charge is 2.04. The zero-order valence-electron chi connectivity index (χ0n) is 12.0. The van der Waals surface area contributed by atoms with Gasteiger partial charge in [0, 0.05) is 25.0 Å². The number of hydrogen-bond acceptors (Lipinski definition) is 3. The Kier molecular flexibility index (Phi) is 6.97. The number of nitrogens with one attached hydrogen (secondary N) is 2. The van der Waals surface area contributed by atoms with Crippen molar-refractivity contribution in [3.05, 3.63) is 24.3 Å². The molecule has 0 heterocycles. The fourth-order valence-corrected chi connectivity index (χ4v) is 1.87. The van der Waals surface area contributed by atoms with E-state index in [2.05, 4.69) is 24.5 Å². The van der Waals surface area contributed by atoms with Crippen molar-refractivity contribution < 1.29 is 9.53 Å². The molecule has 4 nitrogen and oxygen atoms in total. The summed E-state index contributed by atoms with van der Waals surface area (Å²) in [6.45, 7) is 5.45. The zero-order chi connectivity index (χ0) is 14.1. The highest BCUT2D eigenvalue weighted by molar-refractivity contribution is 5.92. The van der Waals surface area contributed by atoms with Crippen LogP contribution in [0.4, 0.5) is 11.4 Å². The van der Waals surface area contributed by atoms with E-state index in [1.54, 1.807) is 0 Å². The molecular formula is C15H24N2O2. The van der Waals surface area contributed by atoms with Crippen LogP contribution in [0.15, 0.2) is 24.3 Å². The summed E-state index contributed by atoms with van der Waals surface area (Å²) >= 11 is 0. The number of ether oxygens (including phenoxy) is 1. The summed E-state index contributed by atoms with van der Waals surface area (Å²) in [4.78, 5) is 11.4. The van der Waals surface area contributed by atoms with E-state index in [1.165, 1.54) is 20.0 Å². The fourth-order valence-electron chi connectivity index (χ4n) is 1.87. The van der Waals surface area contributed by atoms with E-state index in [9.17, 15) is 4.79 Å². The van der Waals surface area contributed by atoms with Crippen molar-refractivity contribution in [2.45, 2.75) is 26.7 Å². The predicted molar refractivity (Wildman–Crippen MR) is 79.5 cm³/mol. The maximum absolute atomic E-state index is 11.4. The molecule has 2 N–H and O–H groups in total. The first kappa shape index (κ1) is 15.5. The molecule has 19 heavy (non-hydrogen) atoms. The Labute approximate surface area is 115 Å². The Morgan fingerprint density at radius 2 is 1.95 bits per heavy atom. The van der Waals surface area contributed by atoms with Gasteiger partial charge in [-0.3, -0.25) is 4.79 Å². The summed E-state index contributed by atoms with van der Waals surface area (Å²) in [6.07, 6.45) is 2.35. The first-order chi connectivity index (χ1) is 9.19. The van der Waals surface area contributed by atoms with Crippen molar-refractivity contribution in [1.82, 2.24) is 0 Å². The molecule has 0 fully saturated rings. The van der Waals surface area contributed by atoms with Crippen LogP contribution in [0.25, 0.3) is 0 Å². The Morgan fingerprint density at radius 1 is 1.26 bits per heavy atom. The lowest BCUT2D eigenvalue weighted by Gasteiger charge is -2.15. The Morgan fingerprint density at radius 3 is 2.58 bits per heavy atom. The van der Waals surface area contributed by atoms with E-state index >= 15 is 0 Å². The number of rotatable bonds is 8. The molecule has 0 aliphatic heterocycles. The van der Waals surface area contributed by atoms with Crippen LogP contribution in [0, 0.1) is 5.92 Å². The van der Waals surface area contributed by atoms with Crippen molar-refractivity contribution in [3.8, 4) is 0 Å². The van der Waals surface area contributed by atoms with Crippen molar-refractivity contribution in [2.24, 2.45) is 5.92 Å². The third-order valence-electron chi connectivity index (χ3n) is 3.17. The average Bonchev–Trinajstić information content (AvgIpc) is 2.40. The van der Waals surface area contributed by atoms with Crippen LogP contribution in [0.2, 0.25) is 0 Å². The molecule has 0 saturated carbocycles. The van der Waals surface area contributed by atoms with Crippen LogP contribution < -0.4 is 10.6 Å². The molecule has 0 radical (unpaired) electrons. The molecule has 0 unspecified atom stereocenters. The van der Waals surface area contributed by atoms with E-state index < -0.39 is 0 Å². The molecule has 0 atom stereocenters. The molecule has 0 aliphatic rings. The first-order valence-electron chi connectivity index (χ1n) is 6.82. The number of benzene rings is 1. The molecule has 106 valence electrons. The van der Waals surface area contributed by atoms with Crippen LogP contribution >= 0.6 is 0 Å². The number of carbonyl (C=O) groups is 1. The number of anilines is 2. The molecule has 0 aromatic heterocycles. The topological polar surface area (TPSA) is 50.4 Å². The van der Waals surface area contributed by atoms with Gasteiger partial charge in [-0.2, -0.15) is 0 Å². The minimum atomic E-state index is -0.139. The van der Waals surface area contributed by atoms with Crippen LogP contribution in [0.5, 0.6) is 0 Å². The van der Waals surface area contributed by atoms with E-state index in [4.69, 9.17) is 4.74 Å². The second-order valence-corrected chi connectivity index (χ2v) is 4.63. The van der Waals surface area contributed by atoms with Gasteiger partial charge in [-0.05, 0) is 24.1 Å². The molecule has 1 aromatic rings. The standard InChI is InChI=1S/C15H24N2O2/c1-4-12(5-2)10-16-13-7-6-8-14(9-13)17-15(18)11-19-3/h6-9,12,16H,4-5,10-11H2,1-3H3,(H,17,18). The summed E-state index contributed by atoms with van der Waals surface area (Å²) in [5, 5.41) is 6.20. The van der Waals surface area contributed by atoms with Gasteiger partial charge in [-0.15, -0.1) is 0 Å². The van der Waals surface area contributed by atoms with Crippen LogP contribution in [-0.4, -0.2) is 26.2 Å². The molecule has 0 saturated heterocycles. The van der Waals surface area contributed by atoms with E-state index in [-0.39, 0.29) is 12.5 Å². The second-order valence-electron chi connectivity index (χ2n) is 4.63. The molecule has 4 heteroatoms. The highest BCUT2D eigenvalue weighted by Crippen LogP contribution is 2.16. The number of methoxy groups -OCH3 is 1. The highest BCUT2D eigenvalue weighted by atomic mass is 16.5. The summed E-state index contributed by atoms with van der Waals surface area (Å²) in [5.41, 5.74) is 1.82. The number of carbonyl (C=O) groups excluding carboxylic acids is 1. The van der Waals surface area contributed by atoms with Crippen molar-refractivity contribution in [1.29, 1.82) is 0 Å². The number of amides is 1. The van der Waals surface area contributed by atoms with E-state index in [0.717, 1.165) is 17.9 Å². The maximum atomic E-state index is 11.4. The summed E-state index contributed by atoms with van der Waals surface area (Å²) in [6, 6.07) is 7.75. The smallest absolute Gasteiger partial charge is 0.250 e. The Bertz CT molecular complexity index is 389. The largest absolute Gasteiger partial charge is 0.385 e. The Balaban J connectivity index is 2.54. The van der Waals surface area contributed by atoms with Crippen LogP contribution in [-0.2, 0) is 9.53 Å². The SMILES string of the molecule is CCC(CC)CNc1cccc(NC(=O)COC)c1. The van der Waals surface area contributed by atoms with E-state index in [1.807, 2.05) is 24.3 Å². The monoisotopic (exact) mass is 264 g/mol. The van der Waals surface area contributed by atoms with Gasteiger partial charge in [0.2, 0.25) is 5.91 Å². The molecule has 0 spiro atoms. The molecule has 0 aliphatic carbocycles. The van der Waals surface area contributed by atoms with Crippen molar-refractivity contribution >= 4 is 17.3 Å². The second kappa shape index (κ2) is 8.53. The third kappa shape index (κ3) is 5.75. The van der Waals surface area contributed by atoms with Gasteiger partial charge in [0.1, 0.15) is 6.61 Å². The van der Waals surface area contributed by atoms with Gasteiger partial charge in [-0.1, -0.05) is 32.8 Å². The molecule has 1 amide bonds. The fraction of sp³-hybridized carbons (Fsp3) is 0.533. The van der Waals surface area contributed by atoms with E-state index in [0.29, 0.717) is 5.92 Å². The van der Waals surface area contributed by atoms with Gasteiger partial charge in [0.05, 0.1) is 0 Å². The lowest BCUT2D eigenvalue weighted by molar-refractivity contribution is -0.119. The predicted octanol–water partition coefficient (Wildman–Crippen LogP) is 3.12. The van der Waals surface area contributed by atoms with Crippen LogP contribution in [0.3, 0.4) is 0 Å². The average molecular weight is 264 g/mol. The third-order valence-corrected chi connectivity index (χ3v) is 3.17. The molecule has 1 rings (SSSR count). The molecule has 1 aromatic carbocycles. The lowest BCUT2D eigenvalue weighted by atomic mass is 10.0. The quantitative estimate of drug-likeness (QED) is 0.758. The summed E-state index contributed by atoms with van der Waals surface area (Å²) in [7, 11) is 1.51. The van der Waals surface area contributed by atoms with Crippen LogP contribution in [0.1, 0.15) is 26.7 Å². The number of hydrogen-bond donors (Lipinski definition) is 2. The Hall–Kier alpha value is -1.55. The minimum absolute atomic E-state index is 0.0748. The molecule has 0 bridgehead atoms. The van der Waals surface area contributed by atoms with Gasteiger partial charge in [-0.25, -0.2) is 0 Å². The van der Waals surface area contributed by atoms with Crippen molar-refractivity contribution in [2.75, 3.05) is 30.9 Å². The van der Waals surface area contributed by atoms with Crippen molar-refractivity contribution in [3.63, 3.8) is 0 Å². The molecular weight excluding hydrogens is 240 g/mol. The normalized spacial score (nSPS) is 10.5. The lowest BCUT2D eigenvalue weighted by Crippen LogP contribution is -2.17. The first-order valence-corrected chi connectivity index (χ1v) is 6.82.